The summed E-state index contributed by atoms with van der Waals surface area (Å²) >= 11 is 1.33. The highest BCUT2D eigenvalue weighted by Gasteiger charge is 2.17. The number of hydrogen-bond acceptors (Lipinski definition) is 7. The van der Waals surface area contributed by atoms with Crippen molar-refractivity contribution in [1.29, 1.82) is 0 Å². The summed E-state index contributed by atoms with van der Waals surface area (Å²) in [6.45, 7) is 6.05. The van der Waals surface area contributed by atoms with E-state index in [1.165, 1.54) is 29.3 Å². The highest BCUT2D eigenvalue weighted by Crippen LogP contribution is 2.22. The third kappa shape index (κ3) is 4.58. The molecule has 1 aliphatic rings. The molecule has 0 spiro atoms. The molecule has 2 N–H and O–H groups in total. The second-order valence-corrected chi connectivity index (χ2v) is 8.06. The van der Waals surface area contributed by atoms with Gasteiger partial charge in [-0.1, -0.05) is 17.8 Å². The molecule has 0 aliphatic carbocycles. The molecule has 1 aromatic carbocycles. The smallest absolute Gasteiger partial charge is 0.246 e. The standard InChI is InChI=1S/C19H24N8OS/c1-13-6-7-15(10-14(13)2)27-12-20-25-19(27)29-11-16(28)21-17-22-18(24-23-17)26-8-4-3-5-9-26/h6-7,10,12H,3-5,8-9,11H2,1-2H3,(H2,21,22,23,24,28). The van der Waals surface area contributed by atoms with Crippen molar-refractivity contribution in [2.75, 3.05) is 29.1 Å². The van der Waals surface area contributed by atoms with E-state index in [-0.39, 0.29) is 11.7 Å². The highest BCUT2D eigenvalue weighted by molar-refractivity contribution is 7.99. The zero-order valence-electron chi connectivity index (χ0n) is 16.6. The van der Waals surface area contributed by atoms with Gasteiger partial charge in [0.05, 0.1) is 5.75 Å². The largest absolute Gasteiger partial charge is 0.340 e. The number of aromatic nitrogens is 6. The molecule has 1 amide bonds. The third-order valence-corrected chi connectivity index (χ3v) is 5.93. The number of nitrogens with one attached hydrogen (secondary N) is 2. The molecule has 3 aromatic rings. The van der Waals surface area contributed by atoms with Crippen molar-refractivity contribution in [2.45, 2.75) is 38.3 Å². The molecular weight excluding hydrogens is 388 g/mol. The van der Waals surface area contributed by atoms with Crippen LogP contribution in [0.2, 0.25) is 0 Å². The predicted octanol–water partition coefficient (Wildman–Crippen LogP) is 2.72. The molecule has 29 heavy (non-hydrogen) atoms. The van der Waals surface area contributed by atoms with Crippen molar-refractivity contribution >= 4 is 29.6 Å². The van der Waals surface area contributed by atoms with E-state index in [2.05, 4.69) is 61.6 Å². The first-order valence-corrected chi connectivity index (χ1v) is 10.7. The second-order valence-electron chi connectivity index (χ2n) is 7.12. The van der Waals surface area contributed by atoms with Gasteiger partial charge in [0.2, 0.25) is 17.8 Å². The summed E-state index contributed by atoms with van der Waals surface area (Å²) in [5, 5.41) is 18.6. The van der Waals surface area contributed by atoms with Crippen LogP contribution in [0.25, 0.3) is 5.69 Å². The molecule has 1 aliphatic heterocycles. The Morgan fingerprint density at radius 1 is 1.21 bits per heavy atom. The first-order chi connectivity index (χ1) is 14.1. The van der Waals surface area contributed by atoms with Crippen molar-refractivity contribution in [3.05, 3.63) is 35.7 Å². The van der Waals surface area contributed by atoms with Crippen LogP contribution < -0.4 is 10.2 Å². The van der Waals surface area contributed by atoms with Gasteiger partial charge in [-0.05, 0) is 56.4 Å². The van der Waals surface area contributed by atoms with Crippen molar-refractivity contribution < 1.29 is 4.79 Å². The molecular formula is C19H24N8OS. The van der Waals surface area contributed by atoms with Crippen LogP contribution in [0, 0.1) is 13.8 Å². The number of aromatic amines is 1. The van der Waals surface area contributed by atoms with Crippen LogP contribution in [0.3, 0.4) is 0 Å². The summed E-state index contributed by atoms with van der Waals surface area (Å²) in [5.74, 6) is 1.03. The second kappa shape index (κ2) is 8.64. The topological polar surface area (TPSA) is 105 Å². The zero-order chi connectivity index (χ0) is 20.2. The van der Waals surface area contributed by atoms with E-state index in [4.69, 9.17) is 0 Å². The molecule has 1 saturated heterocycles. The molecule has 0 unspecified atom stereocenters. The van der Waals surface area contributed by atoms with E-state index >= 15 is 0 Å². The fourth-order valence-corrected chi connectivity index (χ4v) is 3.95. The molecule has 2 aromatic heterocycles. The summed E-state index contributed by atoms with van der Waals surface area (Å²) in [6, 6.07) is 6.17. The van der Waals surface area contributed by atoms with Crippen molar-refractivity contribution in [3.8, 4) is 5.69 Å². The molecule has 1 fully saturated rings. The number of nitrogens with zero attached hydrogens (tertiary/aromatic N) is 6. The monoisotopic (exact) mass is 412 g/mol. The van der Waals surface area contributed by atoms with Crippen LogP contribution in [0.5, 0.6) is 0 Å². The minimum absolute atomic E-state index is 0.175. The molecule has 10 heteroatoms. The van der Waals surface area contributed by atoms with E-state index in [1.54, 1.807) is 6.33 Å². The first kappa shape index (κ1) is 19.4. The molecule has 4 rings (SSSR count). The summed E-state index contributed by atoms with van der Waals surface area (Å²) in [4.78, 5) is 18.9. The van der Waals surface area contributed by atoms with Crippen LogP contribution in [0.1, 0.15) is 30.4 Å². The maximum Gasteiger partial charge on any atom is 0.246 e. The van der Waals surface area contributed by atoms with Crippen LogP contribution in [0.4, 0.5) is 11.9 Å². The van der Waals surface area contributed by atoms with E-state index in [1.807, 2.05) is 10.6 Å². The van der Waals surface area contributed by atoms with Crippen LogP contribution >= 0.6 is 11.8 Å². The molecule has 152 valence electrons. The Morgan fingerprint density at radius 2 is 2.03 bits per heavy atom. The van der Waals surface area contributed by atoms with E-state index in [0.29, 0.717) is 17.1 Å². The van der Waals surface area contributed by atoms with E-state index < -0.39 is 0 Å². The number of amides is 1. The van der Waals surface area contributed by atoms with Gasteiger partial charge in [0.15, 0.2) is 5.16 Å². The number of piperidine rings is 1. The van der Waals surface area contributed by atoms with Crippen molar-refractivity contribution in [3.63, 3.8) is 0 Å². The Hall–Kier alpha value is -2.88. The minimum atomic E-state index is -0.175. The van der Waals surface area contributed by atoms with Crippen molar-refractivity contribution in [1.82, 2.24) is 29.9 Å². The van der Waals surface area contributed by atoms with Gasteiger partial charge in [0.1, 0.15) is 6.33 Å². The van der Waals surface area contributed by atoms with Gasteiger partial charge in [-0.15, -0.1) is 15.3 Å². The van der Waals surface area contributed by atoms with Crippen LogP contribution in [-0.4, -0.2) is 54.7 Å². The Labute approximate surface area is 173 Å². The molecule has 9 nitrogen and oxygen atoms in total. The summed E-state index contributed by atoms with van der Waals surface area (Å²) in [7, 11) is 0. The average Bonchev–Trinajstić information content (AvgIpc) is 3.39. The SMILES string of the molecule is Cc1ccc(-n2cnnc2SCC(=O)Nc2nc(N3CCCCC3)n[nH]2)cc1C. The quantitative estimate of drug-likeness (QED) is 0.600. The zero-order valence-corrected chi connectivity index (χ0v) is 17.4. The van der Waals surface area contributed by atoms with Gasteiger partial charge in [0.25, 0.3) is 0 Å². The maximum atomic E-state index is 12.3. The summed E-state index contributed by atoms with van der Waals surface area (Å²) < 4.78 is 1.88. The fourth-order valence-electron chi connectivity index (χ4n) is 3.22. The Kier molecular flexibility index (Phi) is 5.79. The number of rotatable bonds is 6. The summed E-state index contributed by atoms with van der Waals surface area (Å²) in [6.07, 6.45) is 5.20. The molecule has 0 bridgehead atoms. The molecule has 3 heterocycles. The van der Waals surface area contributed by atoms with Gasteiger partial charge in [-0.25, -0.2) is 5.10 Å². The van der Waals surface area contributed by atoms with Gasteiger partial charge >= 0.3 is 0 Å². The Morgan fingerprint density at radius 3 is 2.83 bits per heavy atom. The Balaban J connectivity index is 1.35. The van der Waals surface area contributed by atoms with Gasteiger partial charge in [-0.2, -0.15) is 4.98 Å². The van der Waals surface area contributed by atoms with Gasteiger partial charge in [0, 0.05) is 18.8 Å². The number of thioether (sulfide) groups is 1. The lowest BCUT2D eigenvalue weighted by Gasteiger charge is -2.24. The van der Waals surface area contributed by atoms with E-state index in [9.17, 15) is 4.79 Å². The lowest BCUT2D eigenvalue weighted by atomic mass is 10.1. The normalized spacial score (nSPS) is 14.2. The summed E-state index contributed by atoms with van der Waals surface area (Å²) in [5.41, 5.74) is 3.40. The number of benzene rings is 1. The molecule has 0 saturated carbocycles. The number of aryl methyl sites for hydroxylation is 2. The number of carbonyl (C=O) groups is 1. The number of carbonyl (C=O) groups excluding carboxylic acids is 1. The lowest BCUT2D eigenvalue weighted by Crippen LogP contribution is -2.30. The van der Waals surface area contributed by atoms with Crippen LogP contribution in [0.15, 0.2) is 29.7 Å². The van der Waals surface area contributed by atoms with Crippen LogP contribution in [-0.2, 0) is 4.79 Å². The first-order valence-electron chi connectivity index (χ1n) is 9.68. The third-order valence-electron chi connectivity index (χ3n) is 4.99. The fraction of sp³-hybridized carbons (Fsp3) is 0.421. The average molecular weight is 413 g/mol. The van der Waals surface area contributed by atoms with Gasteiger partial charge in [-0.3, -0.25) is 14.7 Å². The molecule has 0 atom stereocenters. The lowest BCUT2D eigenvalue weighted by molar-refractivity contribution is -0.113. The minimum Gasteiger partial charge on any atom is -0.340 e. The predicted molar refractivity (Wildman–Crippen MR) is 113 cm³/mol. The van der Waals surface area contributed by atoms with Crippen molar-refractivity contribution in [2.24, 2.45) is 0 Å². The molecule has 0 radical (unpaired) electrons. The maximum absolute atomic E-state index is 12.3. The van der Waals surface area contributed by atoms with Gasteiger partial charge < -0.3 is 4.90 Å². The number of hydrogen-bond donors (Lipinski definition) is 2. The number of anilines is 2. The Bertz CT molecular complexity index is 992. The highest BCUT2D eigenvalue weighted by atomic mass is 32.2. The number of H-pyrrole nitrogens is 1. The van der Waals surface area contributed by atoms with E-state index in [0.717, 1.165) is 31.6 Å².